The van der Waals surface area contributed by atoms with Crippen molar-refractivity contribution in [2.75, 3.05) is 18.5 Å². The molecule has 2 N–H and O–H groups in total. The van der Waals surface area contributed by atoms with Crippen LogP contribution in [0, 0.1) is 11.8 Å². The molecule has 2 aliphatic heterocycles. The second-order valence-electron chi connectivity index (χ2n) is 10.4. The third kappa shape index (κ3) is 8.42. The molecular formula is C27H33N5O14. The lowest BCUT2D eigenvalue weighted by atomic mass is 9.83. The molecule has 1 aliphatic carbocycles. The Morgan fingerprint density at radius 3 is 2.13 bits per heavy atom. The van der Waals surface area contributed by atoms with Crippen molar-refractivity contribution in [2.45, 2.75) is 78.0 Å². The number of carbonyl (C=O) groups is 6. The van der Waals surface area contributed by atoms with E-state index in [1.807, 2.05) is 0 Å². The summed E-state index contributed by atoms with van der Waals surface area (Å²) < 4.78 is 44.8. The number of aromatic amines is 1. The minimum absolute atomic E-state index is 0.0792. The van der Waals surface area contributed by atoms with E-state index in [4.69, 9.17) is 37.9 Å². The summed E-state index contributed by atoms with van der Waals surface area (Å²) in [6, 6.07) is 0. The summed E-state index contributed by atoms with van der Waals surface area (Å²) in [6.07, 6.45) is -5.21. The smallest absolute Gasteiger partial charge is 0.303 e. The van der Waals surface area contributed by atoms with Crippen molar-refractivity contribution in [1.82, 2.24) is 20.6 Å². The van der Waals surface area contributed by atoms with Gasteiger partial charge in [-0.05, 0) is 17.2 Å². The van der Waals surface area contributed by atoms with Gasteiger partial charge in [0.15, 0.2) is 18.3 Å². The summed E-state index contributed by atoms with van der Waals surface area (Å²) in [5.41, 5.74) is 0.735. The van der Waals surface area contributed by atoms with Crippen molar-refractivity contribution in [1.29, 1.82) is 0 Å². The third-order valence-electron chi connectivity index (χ3n) is 7.01. The molecule has 1 aromatic heterocycles. The molecule has 3 heterocycles. The number of tetrazole rings is 1. The first-order valence-electron chi connectivity index (χ1n) is 14.0. The zero-order valence-electron chi connectivity index (χ0n) is 25.5. The van der Waals surface area contributed by atoms with E-state index < -0.39 is 91.2 Å². The average molecular weight is 652 g/mol. The summed E-state index contributed by atoms with van der Waals surface area (Å²) in [7, 11) is 0. The van der Waals surface area contributed by atoms with Gasteiger partial charge < -0.3 is 37.9 Å². The van der Waals surface area contributed by atoms with Gasteiger partial charge in [0.05, 0.1) is 17.8 Å². The molecule has 19 nitrogen and oxygen atoms in total. The lowest BCUT2D eigenvalue weighted by Crippen LogP contribution is -2.63. The van der Waals surface area contributed by atoms with Crippen LogP contribution in [0.2, 0.25) is 0 Å². The molecule has 1 saturated heterocycles. The van der Waals surface area contributed by atoms with Gasteiger partial charge in [0.1, 0.15) is 19.3 Å². The van der Waals surface area contributed by atoms with Crippen LogP contribution in [0.25, 0.3) is 0 Å². The Morgan fingerprint density at radius 1 is 0.870 bits per heavy atom. The first-order chi connectivity index (χ1) is 21.8. The number of aromatic nitrogens is 4. The molecule has 0 aromatic carbocycles. The number of amides is 1. The Labute approximate surface area is 261 Å². The van der Waals surface area contributed by atoms with Gasteiger partial charge in [0, 0.05) is 40.5 Å². The average Bonchev–Trinajstić information content (AvgIpc) is 3.63. The highest BCUT2D eigenvalue weighted by Crippen LogP contribution is 2.45. The van der Waals surface area contributed by atoms with E-state index >= 15 is 0 Å². The second kappa shape index (κ2) is 14.9. The monoisotopic (exact) mass is 651 g/mol. The van der Waals surface area contributed by atoms with Crippen LogP contribution in [0.4, 0.5) is 5.95 Å². The lowest BCUT2D eigenvalue weighted by molar-refractivity contribution is -0.342. The van der Waals surface area contributed by atoms with Gasteiger partial charge in [-0.15, -0.1) is 5.10 Å². The molecule has 0 bridgehead atoms. The van der Waals surface area contributed by atoms with Crippen LogP contribution in [-0.4, -0.2) is 107 Å². The molecule has 19 heteroatoms. The quantitative estimate of drug-likeness (QED) is 0.176. The maximum atomic E-state index is 13.1. The molecule has 46 heavy (non-hydrogen) atoms. The zero-order valence-corrected chi connectivity index (χ0v) is 25.5. The topological polar surface area (TPSA) is 243 Å². The van der Waals surface area contributed by atoms with E-state index in [9.17, 15) is 28.8 Å². The Balaban J connectivity index is 1.68. The molecule has 0 radical (unpaired) electrons. The number of nitrogens with one attached hydrogen (secondary N) is 2. The molecule has 250 valence electrons. The fraction of sp³-hybridized carbons (Fsp3) is 0.593. The van der Waals surface area contributed by atoms with Gasteiger partial charge in [-0.1, -0.05) is 11.2 Å². The highest BCUT2D eigenvalue weighted by atomic mass is 16.8. The second-order valence-corrected chi connectivity index (χ2v) is 10.4. The van der Waals surface area contributed by atoms with E-state index in [-0.39, 0.29) is 18.1 Å². The number of rotatable bonds is 11. The van der Waals surface area contributed by atoms with Gasteiger partial charge in [-0.3, -0.25) is 34.1 Å². The van der Waals surface area contributed by atoms with E-state index in [0.29, 0.717) is 12.0 Å². The number of allylic oxidation sites excluding steroid dienone is 1. The molecule has 0 unspecified atom stereocenters. The lowest BCUT2D eigenvalue weighted by Gasteiger charge is -2.45. The minimum Gasteiger partial charge on any atom is -0.471 e. The number of esters is 5. The predicted octanol–water partition coefficient (Wildman–Crippen LogP) is -0.396. The van der Waals surface area contributed by atoms with Gasteiger partial charge in [0.2, 0.25) is 12.6 Å². The van der Waals surface area contributed by atoms with Crippen LogP contribution in [0.15, 0.2) is 23.5 Å². The molecule has 8 atom stereocenters. The van der Waals surface area contributed by atoms with Crippen LogP contribution < -0.4 is 5.32 Å². The SMILES string of the molecule is CC(=O)OCC1=CC[C@@H]2C(C(=O)Nc3nn[nH]n3)=CO[C@@H](O[C@@H]3O[C@H](COC(C)=O)[C@@H](OC(C)=O)[C@H](OC(C)=O)[C@H]3OC(C)=O)[C@H]12. The normalized spacial score (nSPS) is 28.3. The maximum Gasteiger partial charge on any atom is 0.303 e. The fourth-order valence-electron chi connectivity index (χ4n) is 5.31. The highest BCUT2D eigenvalue weighted by molar-refractivity contribution is 6.03. The largest absolute Gasteiger partial charge is 0.471 e. The van der Waals surface area contributed by atoms with Crippen molar-refractivity contribution >= 4 is 41.7 Å². The number of fused-ring (bicyclic) bond motifs is 1. The first-order valence-corrected chi connectivity index (χ1v) is 14.0. The number of hydrogen-bond donors (Lipinski definition) is 2. The summed E-state index contributed by atoms with van der Waals surface area (Å²) in [6.45, 7) is 5.05. The summed E-state index contributed by atoms with van der Waals surface area (Å²) in [5.74, 6) is -5.65. The Bertz CT molecular complexity index is 1390. The molecule has 1 amide bonds. The fourth-order valence-corrected chi connectivity index (χ4v) is 5.31. The molecule has 1 fully saturated rings. The molecule has 3 aliphatic rings. The predicted molar refractivity (Wildman–Crippen MR) is 145 cm³/mol. The van der Waals surface area contributed by atoms with E-state index in [0.717, 1.165) is 27.7 Å². The van der Waals surface area contributed by atoms with Gasteiger partial charge in [-0.25, -0.2) is 0 Å². The van der Waals surface area contributed by atoms with Gasteiger partial charge in [0.25, 0.3) is 11.9 Å². The zero-order chi connectivity index (χ0) is 33.5. The molecular weight excluding hydrogens is 618 g/mol. The van der Waals surface area contributed by atoms with Crippen LogP contribution in [0.5, 0.6) is 0 Å². The Hall–Kier alpha value is -4.91. The number of H-pyrrole nitrogens is 1. The number of anilines is 1. The maximum absolute atomic E-state index is 13.1. The third-order valence-corrected chi connectivity index (χ3v) is 7.01. The van der Waals surface area contributed by atoms with Gasteiger partial charge >= 0.3 is 29.8 Å². The Kier molecular flexibility index (Phi) is 11.0. The van der Waals surface area contributed by atoms with Crippen molar-refractivity contribution in [2.24, 2.45) is 11.8 Å². The number of carbonyl (C=O) groups excluding carboxylic acids is 6. The summed E-state index contributed by atoms with van der Waals surface area (Å²) in [4.78, 5) is 72.9. The summed E-state index contributed by atoms with van der Waals surface area (Å²) in [5, 5.41) is 15.5. The first kappa shape index (κ1) is 34.0. The van der Waals surface area contributed by atoms with E-state index in [1.165, 1.54) is 13.2 Å². The minimum atomic E-state index is -1.56. The van der Waals surface area contributed by atoms with Crippen LogP contribution >= 0.6 is 0 Å². The molecule has 4 rings (SSSR count). The standard InChI is InChI=1S/C27H33N5O14/c1-11(33)39-8-16-6-7-17-18(24(38)28-27-29-31-32-30-27)9-41-25(20(16)17)46-26-23(44-15(5)37)22(43-14(4)36)21(42-13(3)35)19(45-26)10-40-12(2)34/h6,9,17,19-23,25-26H,7-8,10H2,1-5H3,(H2,28,29,30,31,32,38)/t17-,19-,20-,21-,22+,23-,25+,26+/m1/s1. The molecule has 0 spiro atoms. The van der Waals surface area contributed by atoms with Crippen LogP contribution in [0.3, 0.4) is 0 Å². The van der Waals surface area contributed by atoms with E-state index in [2.05, 4.69) is 25.9 Å². The van der Waals surface area contributed by atoms with Crippen LogP contribution in [-0.2, 0) is 66.7 Å². The molecule has 0 saturated carbocycles. The van der Waals surface area contributed by atoms with Crippen LogP contribution in [0.1, 0.15) is 41.0 Å². The number of ether oxygens (including phenoxy) is 8. The number of nitrogens with zero attached hydrogens (tertiary/aromatic N) is 3. The number of hydrogen-bond acceptors (Lipinski definition) is 17. The van der Waals surface area contributed by atoms with Crippen molar-refractivity contribution in [3.63, 3.8) is 0 Å². The van der Waals surface area contributed by atoms with Crippen molar-refractivity contribution < 1.29 is 66.7 Å². The van der Waals surface area contributed by atoms with E-state index in [1.54, 1.807) is 6.08 Å². The highest BCUT2D eigenvalue weighted by Gasteiger charge is 2.55. The van der Waals surface area contributed by atoms with Crippen molar-refractivity contribution in [3.8, 4) is 0 Å². The Morgan fingerprint density at radius 2 is 1.52 bits per heavy atom. The van der Waals surface area contributed by atoms with Gasteiger partial charge in [-0.2, -0.15) is 5.21 Å². The summed E-state index contributed by atoms with van der Waals surface area (Å²) >= 11 is 0. The van der Waals surface area contributed by atoms with Crippen molar-refractivity contribution in [3.05, 3.63) is 23.5 Å². The molecule has 1 aromatic rings.